The van der Waals surface area contributed by atoms with E-state index in [2.05, 4.69) is 17.6 Å². The predicted octanol–water partition coefficient (Wildman–Crippen LogP) is 4.06. The van der Waals surface area contributed by atoms with Gasteiger partial charge in [0.2, 0.25) is 0 Å². The Morgan fingerprint density at radius 3 is 2.70 bits per heavy atom. The Kier molecular flexibility index (Phi) is 7.93. The first kappa shape index (κ1) is 21.9. The zero-order valence-electron chi connectivity index (χ0n) is 16.9. The molecule has 1 unspecified atom stereocenters. The molecule has 1 atom stereocenters. The molecule has 2 aromatic carbocycles. The number of hydrogen-bond donors (Lipinski definition) is 2. The molecule has 0 saturated carbocycles. The molecule has 30 heavy (non-hydrogen) atoms. The van der Waals surface area contributed by atoms with E-state index in [4.69, 9.17) is 21.1 Å². The molecule has 1 aliphatic rings. The fraction of sp³-hybridized carbons (Fsp3) is 0.364. The Bertz CT molecular complexity index is 860. The second-order valence-electron chi connectivity index (χ2n) is 6.96. The van der Waals surface area contributed by atoms with Gasteiger partial charge in [0.05, 0.1) is 13.2 Å². The number of urea groups is 1. The van der Waals surface area contributed by atoms with Gasteiger partial charge in [-0.2, -0.15) is 0 Å². The van der Waals surface area contributed by atoms with E-state index in [0.717, 1.165) is 12.0 Å². The first-order chi connectivity index (χ1) is 14.5. The molecular formula is C22H26ClN3O4. The van der Waals surface area contributed by atoms with Crippen LogP contribution in [0.5, 0.6) is 0 Å². The molecule has 2 aromatic rings. The van der Waals surface area contributed by atoms with Gasteiger partial charge in [-0.1, -0.05) is 48.9 Å². The minimum absolute atomic E-state index is 0.0627. The second kappa shape index (κ2) is 10.8. The molecule has 3 rings (SSSR count). The molecule has 2 N–H and O–H groups in total. The zero-order valence-corrected chi connectivity index (χ0v) is 17.7. The molecule has 1 saturated heterocycles. The van der Waals surface area contributed by atoms with E-state index in [1.807, 2.05) is 42.5 Å². The quantitative estimate of drug-likeness (QED) is 0.722. The standard InChI is InChI=1S/C22H26ClN3O4/c1-2-16-7-9-18(10-8-16)25-22(28)30-15-19-14-26(11-12-29-19)21(27)24-13-17-5-3-4-6-20(17)23/h3-10,19H,2,11-15H2,1H3,(H,24,27)(H,25,28). The summed E-state index contributed by atoms with van der Waals surface area (Å²) in [7, 11) is 0. The molecule has 1 heterocycles. The smallest absolute Gasteiger partial charge is 0.411 e. The summed E-state index contributed by atoms with van der Waals surface area (Å²) >= 11 is 6.12. The number of carbonyl (C=O) groups is 2. The fourth-order valence-electron chi connectivity index (χ4n) is 3.08. The molecular weight excluding hydrogens is 406 g/mol. The Labute approximate surface area is 181 Å². The van der Waals surface area contributed by atoms with Gasteiger partial charge in [0.1, 0.15) is 12.7 Å². The lowest BCUT2D eigenvalue weighted by Crippen LogP contribution is -2.50. The van der Waals surface area contributed by atoms with Crippen molar-refractivity contribution in [3.05, 3.63) is 64.7 Å². The highest BCUT2D eigenvalue weighted by molar-refractivity contribution is 6.31. The van der Waals surface area contributed by atoms with Crippen molar-refractivity contribution in [3.63, 3.8) is 0 Å². The molecule has 8 heteroatoms. The Balaban J connectivity index is 1.42. The summed E-state index contributed by atoms with van der Waals surface area (Å²) in [5.41, 5.74) is 2.71. The number of halogens is 1. The topological polar surface area (TPSA) is 79.9 Å². The molecule has 0 bridgehead atoms. The maximum atomic E-state index is 12.5. The molecule has 0 aliphatic carbocycles. The molecule has 1 fully saturated rings. The first-order valence-electron chi connectivity index (χ1n) is 9.95. The highest BCUT2D eigenvalue weighted by Gasteiger charge is 2.25. The number of aryl methyl sites for hydroxylation is 1. The highest BCUT2D eigenvalue weighted by atomic mass is 35.5. The fourth-order valence-corrected chi connectivity index (χ4v) is 3.28. The summed E-state index contributed by atoms with van der Waals surface area (Å²) in [6.45, 7) is 3.67. The largest absolute Gasteiger partial charge is 0.446 e. The normalized spacial score (nSPS) is 16.1. The number of morpholine rings is 1. The van der Waals surface area contributed by atoms with Crippen molar-refractivity contribution >= 4 is 29.4 Å². The van der Waals surface area contributed by atoms with E-state index >= 15 is 0 Å². The maximum absolute atomic E-state index is 12.5. The van der Waals surface area contributed by atoms with E-state index in [1.54, 1.807) is 11.0 Å². The van der Waals surface area contributed by atoms with Crippen LogP contribution in [0.2, 0.25) is 5.02 Å². The van der Waals surface area contributed by atoms with Crippen LogP contribution < -0.4 is 10.6 Å². The van der Waals surface area contributed by atoms with Gasteiger partial charge >= 0.3 is 12.1 Å². The van der Waals surface area contributed by atoms with Gasteiger partial charge in [0.25, 0.3) is 0 Å². The summed E-state index contributed by atoms with van der Waals surface area (Å²) in [4.78, 5) is 26.1. The van der Waals surface area contributed by atoms with Crippen molar-refractivity contribution in [2.24, 2.45) is 0 Å². The highest BCUT2D eigenvalue weighted by Crippen LogP contribution is 2.15. The number of nitrogens with zero attached hydrogens (tertiary/aromatic N) is 1. The summed E-state index contributed by atoms with van der Waals surface area (Å²) in [6, 6.07) is 14.8. The number of rotatable bonds is 6. The molecule has 1 aliphatic heterocycles. The third kappa shape index (κ3) is 6.37. The van der Waals surface area contributed by atoms with E-state index in [9.17, 15) is 9.59 Å². The van der Waals surface area contributed by atoms with E-state index in [1.165, 1.54) is 5.56 Å². The Morgan fingerprint density at radius 2 is 1.97 bits per heavy atom. The van der Waals surface area contributed by atoms with Crippen LogP contribution in [-0.2, 0) is 22.4 Å². The van der Waals surface area contributed by atoms with Crippen LogP contribution in [0.3, 0.4) is 0 Å². The summed E-state index contributed by atoms with van der Waals surface area (Å²) in [6.07, 6.45) is 0.00725. The van der Waals surface area contributed by atoms with Crippen LogP contribution in [0, 0.1) is 0 Å². The van der Waals surface area contributed by atoms with Crippen LogP contribution in [0.4, 0.5) is 15.3 Å². The van der Waals surface area contributed by atoms with Crippen molar-refractivity contribution in [1.82, 2.24) is 10.2 Å². The van der Waals surface area contributed by atoms with Crippen LogP contribution in [0.25, 0.3) is 0 Å². The Morgan fingerprint density at radius 1 is 1.20 bits per heavy atom. The number of amides is 3. The van der Waals surface area contributed by atoms with Crippen LogP contribution in [-0.4, -0.2) is 49.4 Å². The van der Waals surface area contributed by atoms with Crippen molar-refractivity contribution in [2.75, 3.05) is 31.6 Å². The number of anilines is 1. The van der Waals surface area contributed by atoms with Crippen LogP contribution in [0.15, 0.2) is 48.5 Å². The van der Waals surface area contributed by atoms with E-state index < -0.39 is 6.09 Å². The number of hydrogen-bond acceptors (Lipinski definition) is 4. The molecule has 7 nitrogen and oxygen atoms in total. The van der Waals surface area contributed by atoms with Gasteiger partial charge in [-0.3, -0.25) is 5.32 Å². The van der Waals surface area contributed by atoms with Crippen molar-refractivity contribution < 1.29 is 19.1 Å². The lowest BCUT2D eigenvalue weighted by atomic mass is 10.1. The first-order valence-corrected chi connectivity index (χ1v) is 10.3. The summed E-state index contributed by atoms with van der Waals surface area (Å²) < 4.78 is 10.9. The zero-order chi connectivity index (χ0) is 21.3. The van der Waals surface area contributed by atoms with Crippen LogP contribution in [0.1, 0.15) is 18.1 Å². The van der Waals surface area contributed by atoms with Gasteiger partial charge in [-0.25, -0.2) is 9.59 Å². The van der Waals surface area contributed by atoms with Crippen molar-refractivity contribution in [1.29, 1.82) is 0 Å². The number of benzene rings is 2. The minimum Gasteiger partial charge on any atom is -0.446 e. The Hall–Kier alpha value is -2.77. The minimum atomic E-state index is -0.553. The van der Waals surface area contributed by atoms with Gasteiger partial charge in [0.15, 0.2) is 0 Å². The monoisotopic (exact) mass is 431 g/mol. The number of ether oxygens (including phenoxy) is 2. The molecule has 160 valence electrons. The second-order valence-corrected chi connectivity index (χ2v) is 7.37. The van der Waals surface area contributed by atoms with E-state index in [-0.39, 0.29) is 18.7 Å². The number of nitrogens with one attached hydrogen (secondary N) is 2. The van der Waals surface area contributed by atoms with E-state index in [0.29, 0.717) is 37.0 Å². The van der Waals surface area contributed by atoms with Crippen LogP contribution >= 0.6 is 11.6 Å². The predicted molar refractivity (Wildman–Crippen MR) is 116 cm³/mol. The average molecular weight is 432 g/mol. The third-order valence-electron chi connectivity index (χ3n) is 4.82. The lowest BCUT2D eigenvalue weighted by Gasteiger charge is -2.32. The van der Waals surface area contributed by atoms with Gasteiger partial charge in [-0.05, 0) is 35.7 Å². The van der Waals surface area contributed by atoms with Crippen molar-refractivity contribution in [3.8, 4) is 0 Å². The molecule has 0 aromatic heterocycles. The molecule has 0 radical (unpaired) electrons. The SMILES string of the molecule is CCc1ccc(NC(=O)OCC2CN(C(=O)NCc3ccccc3Cl)CCO2)cc1. The third-order valence-corrected chi connectivity index (χ3v) is 5.19. The van der Waals surface area contributed by atoms with Gasteiger partial charge < -0.3 is 19.7 Å². The van der Waals surface area contributed by atoms with Gasteiger partial charge in [0, 0.05) is 23.8 Å². The number of carbonyl (C=O) groups excluding carboxylic acids is 2. The average Bonchev–Trinajstić information content (AvgIpc) is 2.77. The summed E-state index contributed by atoms with van der Waals surface area (Å²) in [5.74, 6) is 0. The van der Waals surface area contributed by atoms with Gasteiger partial charge in [-0.15, -0.1) is 0 Å². The molecule has 3 amide bonds. The maximum Gasteiger partial charge on any atom is 0.411 e. The van der Waals surface area contributed by atoms with Crippen molar-refractivity contribution in [2.45, 2.75) is 26.0 Å². The molecule has 0 spiro atoms. The summed E-state index contributed by atoms with van der Waals surface area (Å²) in [5, 5.41) is 6.16. The lowest BCUT2D eigenvalue weighted by molar-refractivity contribution is -0.0421.